The normalized spacial score (nSPS) is 10.9. The van der Waals surface area contributed by atoms with Crippen LogP contribution in [0.1, 0.15) is 28.4 Å². The van der Waals surface area contributed by atoms with Gasteiger partial charge in [-0.2, -0.15) is 5.26 Å². The van der Waals surface area contributed by atoms with Gasteiger partial charge in [-0.05, 0) is 36.2 Å². The van der Waals surface area contributed by atoms with Crippen LogP contribution in [0.2, 0.25) is 0 Å². The highest BCUT2D eigenvalue weighted by Gasteiger charge is 2.16. The molecule has 0 radical (unpaired) electrons. The number of carbonyl (C=O) groups excluding carboxylic acids is 1. The zero-order valence-electron chi connectivity index (χ0n) is 12.6. The molecule has 1 aromatic heterocycles. The number of amidine groups is 1. The molecular weight excluding hydrogens is 292 g/mol. The average Bonchev–Trinajstić information content (AvgIpc) is 2.55. The van der Waals surface area contributed by atoms with Crippen LogP contribution in [-0.4, -0.2) is 16.7 Å². The second kappa shape index (κ2) is 7.04. The van der Waals surface area contributed by atoms with E-state index in [4.69, 9.17) is 16.7 Å². The Balaban J connectivity index is 2.59. The topological polar surface area (TPSA) is 130 Å². The molecule has 0 saturated carbocycles. The number of anilines is 1. The molecule has 7 heteroatoms. The number of primary amides is 1. The number of nitrogens with zero attached hydrogens (tertiary/aromatic N) is 3. The molecule has 23 heavy (non-hydrogen) atoms. The number of nitrogens with two attached hydrogens (primary N) is 2. The number of nitriles is 1. The lowest BCUT2D eigenvalue weighted by Gasteiger charge is -2.14. The molecule has 2 aromatic rings. The standard InChI is InChI=1S/C16H16N6O/c1-2-11-12(15(19)23)5-6-13(14(11)18)16(21-9-17)22-10-4-3-7-20-8-10/h3-8H,2,18H2,1H3,(H2,19,23)(H,21,22). The maximum Gasteiger partial charge on any atom is 0.249 e. The largest absolute Gasteiger partial charge is 0.398 e. The number of carbonyl (C=O) groups is 1. The van der Waals surface area contributed by atoms with E-state index in [0.29, 0.717) is 34.5 Å². The van der Waals surface area contributed by atoms with Crippen LogP contribution in [0.5, 0.6) is 0 Å². The van der Waals surface area contributed by atoms with Crippen molar-refractivity contribution in [2.24, 2.45) is 10.7 Å². The fourth-order valence-electron chi connectivity index (χ4n) is 2.24. The van der Waals surface area contributed by atoms with Crippen LogP contribution < -0.4 is 16.8 Å². The van der Waals surface area contributed by atoms with E-state index in [2.05, 4.69) is 15.3 Å². The summed E-state index contributed by atoms with van der Waals surface area (Å²) in [6.45, 7) is 1.87. The summed E-state index contributed by atoms with van der Waals surface area (Å²) < 4.78 is 0. The monoisotopic (exact) mass is 308 g/mol. The van der Waals surface area contributed by atoms with Crippen LogP contribution in [0, 0.1) is 11.5 Å². The van der Waals surface area contributed by atoms with Gasteiger partial charge in [0.1, 0.15) is 5.84 Å². The molecule has 1 heterocycles. The first-order valence-corrected chi connectivity index (χ1v) is 6.93. The first-order valence-electron chi connectivity index (χ1n) is 6.93. The molecule has 0 aliphatic rings. The van der Waals surface area contributed by atoms with Crippen molar-refractivity contribution in [1.82, 2.24) is 10.3 Å². The summed E-state index contributed by atoms with van der Waals surface area (Å²) in [7, 11) is 0. The predicted molar refractivity (Wildman–Crippen MR) is 87.9 cm³/mol. The summed E-state index contributed by atoms with van der Waals surface area (Å²) in [5, 5.41) is 11.5. The van der Waals surface area contributed by atoms with Crippen molar-refractivity contribution < 1.29 is 4.79 Å². The van der Waals surface area contributed by atoms with Crippen LogP contribution in [0.4, 0.5) is 11.4 Å². The Morgan fingerprint density at radius 3 is 2.70 bits per heavy atom. The third kappa shape index (κ3) is 3.44. The second-order valence-corrected chi connectivity index (χ2v) is 4.68. The van der Waals surface area contributed by atoms with E-state index in [-0.39, 0.29) is 5.84 Å². The van der Waals surface area contributed by atoms with Gasteiger partial charge in [-0.1, -0.05) is 6.92 Å². The van der Waals surface area contributed by atoms with E-state index in [0.717, 1.165) is 0 Å². The van der Waals surface area contributed by atoms with E-state index in [1.807, 2.05) is 13.1 Å². The van der Waals surface area contributed by atoms with Gasteiger partial charge in [0, 0.05) is 23.0 Å². The summed E-state index contributed by atoms with van der Waals surface area (Å²) in [5.41, 5.74) is 14.0. The van der Waals surface area contributed by atoms with Gasteiger partial charge < -0.3 is 11.5 Å². The van der Waals surface area contributed by atoms with Gasteiger partial charge in [0.2, 0.25) is 5.91 Å². The number of nitrogens with one attached hydrogen (secondary N) is 1. The fraction of sp³-hybridized carbons (Fsp3) is 0.125. The molecule has 2 rings (SSSR count). The summed E-state index contributed by atoms with van der Waals surface area (Å²) in [6.07, 6.45) is 5.56. The number of hydrogen-bond acceptors (Lipinski definition) is 5. The molecule has 116 valence electrons. The van der Waals surface area contributed by atoms with Crippen LogP contribution in [0.3, 0.4) is 0 Å². The lowest BCUT2D eigenvalue weighted by molar-refractivity contribution is 0.0999. The van der Waals surface area contributed by atoms with Crippen molar-refractivity contribution in [3.8, 4) is 6.19 Å². The summed E-state index contributed by atoms with van der Waals surface area (Å²) >= 11 is 0. The minimum Gasteiger partial charge on any atom is -0.398 e. The van der Waals surface area contributed by atoms with Crippen molar-refractivity contribution >= 4 is 23.1 Å². The highest BCUT2D eigenvalue weighted by atomic mass is 16.1. The van der Waals surface area contributed by atoms with Crippen LogP contribution in [0.25, 0.3) is 0 Å². The molecule has 7 nitrogen and oxygen atoms in total. The number of rotatable bonds is 4. The molecule has 1 amide bonds. The predicted octanol–water partition coefficient (Wildman–Crippen LogP) is 1.47. The van der Waals surface area contributed by atoms with E-state index >= 15 is 0 Å². The quantitative estimate of drug-likeness (QED) is 0.259. The zero-order valence-corrected chi connectivity index (χ0v) is 12.6. The van der Waals surface area contributed by atoms with Crippen LogP contribution >= 0.6 is 0 Å². The number of aromatic nitrogens is 1. The van der Waals surface area contributed by atoms with Crippen molar-refractivity contribution in [2.45, 2.75) is 13.3 Å². The van der Waals surface area contributed by atoms with Gasteiger partial charge >= 0.3 is 0 Å². The van der Waals surface area contributed by atoms with Crippen molar-refractivity contribution in [3.05, 3.63) is 53.3 Å². The molecule has 0 unspecified atom stereocenters. The molecule has 0 fully saturated rings. The Bertz CT molecular complexity index is 792. The number of aliphatic imine (C=N–C) groups is 1. The smallest absolute Gasteiger partial charge is 0.249 e. The highest BCUT2D eigenvalue weighted by Crippen LogP contribution is 2.24. The van der Waals surface area contributed by atoms with E-state index in [1.165, 1.54) is 0 Å². The molecule has 0 aliphatic heterocycles. The summed E-state index contributed by atoms with van der Waals surface area (Å²) in [5.74, 6) is -0.261. The third-order valence-corrected chi connectivity index (χ3v) is 3.29. The maximum atomic E-state index is 11.5. The number of benzene rings is 1. The van der Waals surface area contributed by atoms with Gasteiger partial charge in [-0.3, -0.25) is 15.1 Å². The van der Waals surface area contributed by atoms with Crippen LogP contribution in [0.15, 0.2) is 41.7 Å². The summed E-state index contributed by atoms with van der Waals surface area (Å²) in [4.78, 5) is 19.8. The highest BCUT2D eigenvalue weighted by molar-refractivity contribution is 6.07. The van der Waals surface area contributed by atoms with Gasteiger partial charge in [-0.15, -0.1) is 0 Å². The first kappa shape index (κ1) is 16.0. The minimum atomic E-state index is -0.543. The zero-order chi connectivity index (χ0) is 16.8. The first-order chi connectivity index (χ1) is 11.1. The van der Waals surface area contributed by atoms with E-state index in [9.17, 15) is 4.79 Å². The van der Waals surface area contributed by atoms with Crippen molar-refractivity contribution in [3.63, 3.8) is 0 Å². The Morgan fingerprint density at radius 1 is 1.39 bits per heavy atom. The van der Waals surface area contributed by atoms with Crippen LogP contribution in [-0.2, 0) is 6.42 Å². The van der Waals surface area contributed by atoms with Gasteiger partial charge in [0.05, 0.1) is 11.9 Å². The van der Waals surface area contributed by atoms with E-state index in [1.54, 1.807) is 36.7 Å². The lowest BCUT2D eigenvalue weighted by Crippen LogP contribution is -2.22. The molecule has 0 bridgehead atoms. The number of hydrogen-bond donors (Lipinski definition) is 3. The molecule has 1 aromatic carbocycles. The average molecular weight is 308 g/mol. The van der Waals surface area contributed by atoms with E-state index < -0.39 is 5.91 Å². The number of pyridine rings is 1. The molecule has 0 aliphatic carbocycles. The minimum absolute atomic E-state index is 0.281. The Kier molecular flexibility index (Phi) is 4.89. The molecule has 5 N–H and O–H groups in total. The lowest BCUT2D eigenvalue weighted by atomic mass is 9.98. The Labute approximate surface area is 133 Å². The molecule has 0 saturated heterocycles. The number of nitrogen functional groups attached to an aromatic ring is 1. The fourth-order valence-corrected chi connectivity index (χ4v) is 2.24. The van der Waals surface area contributed by atoms with Crippen molar-refractivity contribution in [1.29, 1.82) is 5.26 Å². The second-order valence-electron chi connectivity index (χ2n) is 4.68. The Morgan fingerprint density at radius 2 is 2.13 bits per heavy atom. The Hall–Kier alpha value is -3.40. The van der Waals surface area contributed by atoms with Gasteiger partial charge in [-0.25, -0.2) is 4.99 Å². The molecular formula is C16H16N6O. The van der Waals surface area contributed by atoms with Crippen molar-refractivity contribution in [2.75, 3.05) is 5.73 Å². The van der Waals surface area contributed by atoms with Gasteiger partial charge in [0.15, 0.2) is 6.19 Å². The maximum absolute atomic E-state index is 11.5. The SMILES string of the molecule is CCc1c(C(N)=O)ccc(C(=Nc2cccnc2)NC#N)c1N. The summed E-state index contributed by atoms with van der Waals surface area (Å²) in [6, 6.07) is 6.69. The molecule has 0 atom stereocenters. The third-order valence-electron chi connectivity index (χ3n) is 3.29. The molecule has 0 spiro atoms. The number of amides is 1. The van der Waals surface area contributed by atoms with Gasteiger partial charge in [0.25, 0.3) is 0 Å².